The van der Waals surface area contributed by atoms with Crippen molar-refractivity contribution in [3.8, 4) is 0 Å². The first kappa shape index (κ1) is 21.7. The Morgan fingerprint density at radius 1 is 1.17 bits per heavy atom. The van der Waals surface area contributed by atoms with Crippen molar-refractivity contribution in [3.05, 3.63) is 33.3 Å². The van der Waals surface area contributed by atoms with Crippen LogP contribution in [0.15, 0.2) is 23.1 Å². The molecule has 7 nitrogen and oxygen atoms in total. The SMILES string of the molecule is CC(C)(NS(=O)(=O)c1ccc(Cl)c([N+](=O)[O-])c1)C(=O)CC1C2CC3CC(C2)CC1C3. The standard InChI is InChI=1S/C21H27ClN2O5S/c1-21(2,23-30(28,29)16-3-4-18(22)19(10-16)24(26)27)20(25)11-17-14-6-12-5-13(8-14)9-15(17)7-12/h3-4,10,12-15,17,23H,5-9,11H2,1-2H3. The molecule has 5 rings (SSSR count). The van der Waals surface area contributed by atoms with Crippen LogP contribution < -0.4 is 4.72 Å². The van der Waals surface area contributed by atoms with Crippen molar-refractivity contribution in [1.29, 1.82) is 0 Å². The summed E-state index contributed by atoms with van der Waals surface area (Å²) in [6.07, 6.45) is 6.52. The normalized spacial score (nSPS) is 30.4. The zero-order chi connectivity index (χ0) is 21.8. The lowest BCUT2D eigenvalue weighted by Gasteiger charge is -2.54. The fourth-order valence-corrected chi connectivity index (χ4v) is 7.70. The number of nitro benzene ring substituents is 1. The van der Waals surface area contributed by atoms with E-state index in [2.05, 4.69) is 4.72 Å². The molecule has 0 aliphatic heterocycles. The van der Waals surface area contributed by atoms with Crippen molar-refractivity contribution >= 4 is 33.1 Å². The molecule has 4 aliphatic rings. The molecule has 1 N–H and O–H groups in total. The smallest absolute Gasteiger partial charge is 0.289 e. The van der Waals surface area contributed by atoms with E-state index in [1.807, 2.05) is 0 Å². The van der Waals surface area contributed by atoms with Gasteiger partial charge in [-0.25, -0.2) is 8.42 Å². The van der Waals surface area contributed by atoms with Gasteiger partial charge >= 0.3 is 0 Å². The zero-order valence-electron chi connectivity index (χ0n) is 17.1. The van der Waals surface area contributed by atoms with Crippen LogP contribution in [-0.4, -0.2) is 24.7 Å². The number of sulfonamides is 1. The van der Waals surface area contributed by atoms with E-state index in [1.54, 1.807) is 13.8 Å². The molecule has 0 heterocycles. The third-order valence-electron chi connectivity index (χ3n) is 7.35. The van der Waals surface area contributed by atoms with Gasteiger partial charge in [0.15, 0.2) is 5.78 Å². The average molecular weight is 455 g/mol. The number of ketones is 1. The number of hydrogen-bond donors (Lipinski definition) is 1. The average Bonchev–Trinajstić information content (AvgIpc) is 2.63. The summed E-state index contributed by atoms with van der Waals surface area (Å²) >= 11 is 5.78. The van der Waals surface area contributed by atoms with Crippen LogP contribution in [0.4, 0.5) is 5.69 Å². The highest BCUT2D eigenvalue weighted by molar-refractivity contribution is 7.89. The van der Waals surface area contributed by atoms with E-state index in [1.165, 1.54) is 44.2 Å². The van der Waals surface area contributed by atoms with Crippen LogP contribution in [0, 0.1) is 39.7 Å². The quantitative estimate of drug-likeness (QED) is 0.487. The number of Topliss-reactive ketones (excluding diaryl/α,β-unsaturated/α-hetero) is 1. The Bertz CT molecular complexity index is 963. The Kier molecular flexibility index (Phi) is 5.48. The van der Waals surface area contributed by atoms with Crippen molar-refractivity contribution in [3.63, 3.8) is 0 Å². The number of hydrogen-bond acceptors (Lipinski definition) is 5. The third kappa shape index (κ3) is 4.01. The summed E-state index contributed by atoms with van der Waals surface area (Å²) in [4.78, 5) is 23.2. The minimum absolute atomic E-state index is 0.132. The molecule has 30 heavy (non-hydrogen) atoms. The van der Waals surface area contributed by atoms with Gasteiger partial charge in [-0.3, -0.25) is 14.9 Å². The van der Waals surface area contributed by atoms with Crippen LogP contribution >= 0.6 is 11.6 Å². The van der Waals surface area contributed by atoms with Gasteiger partial charge in [-0.2, -0.15) is 4.72 Å². The molecular weight excluding hydrogens is 428 g/mol. The van der Waals surface area contributed by atoms with Crippen LogP contribution in [0.2, 0.25) is 5.02 Å². The minimum atomic E-state index is -4.13. The lowest BCUT2D eigenvalue weighted by Crippen LogP contribution is -2.52. The van der Waals surface area contributed by atoms with E-state index in [0.29, 0.717) is 24.2 Å². The second-order valence-corrected chi connectivity index (χ2v) is 11.9. The van der Waals surface area contributed by atoms with E-state index in [4.69, 9.17) is 11.6 Å². The molecule has 0 aromatic heterocycles. The highest BCUT2D eigenvalue weighted by Crippen LogP contribution is 2.57. The highest BCUT2D eigenvalue weighted by atomic mass is 35.5. The predicted molar refractivity (Wildman–Crippen MR) is 113 cm³/mol. The zero-order valence-corrected chi connectivity index (χ0v) is 18.7. The van der Waals surface area contributed by atoms with E-state index < -0.39 is 26.2 Å². The Balaban J connectivity index is 1.49. The van der Waals surface area contributed by atoms with Crippen LogP contribution in [0.25, 0.3) is 0 Å². The Hall–Kier alpha value is -1.51. The molecule has 1 aromatic carbocycles. The van der Waals surface area contributed by atoms with Gasteiger partial charge in [-0.05, 0) is 87.7 Å². The van der Waals surface area contributed by atoms with Crippen LogP contribution in [0.1, 0.15) is 52.4 Å². The van der Waals surface area contributed by atoms with E-state index >= 15 is 0 Å². The second kappa shape index (κ2) is 7.57. The first-order chi connectivity index (χ1) is 14.0. The van der Waals surface area contributed by atoms with Gasteiger partial charge in [0.1, 0.15) is 5.02 Å². The van der Waals surface area contributed by atoms with Crippen LogP contribution in [0.3, 0.4) is 0 Å². The molecule has 4 saturated carbocycles. The number of nitro groups is 1. The maximum Gasteiger partial charge on any atom is 0.289 e. The third-order valence-corrected chi connectivity index (χ3v) is 9.33. The Labute approximate surface area is 181 Å². The first-order valence-corrected chi connectivity index (χ1v) is 12.3. The summed E-state index contributed by atoms with van der Waals surface area (Å²) in [6.45, 7) is 3.13. The molecule has 9 heteroatoms. The van der Waals surface area contributed by atoms with Gasteiger partial charge in [0, 0.05) is 12.5 Å². The number of carbonyl (C=O) groups is 1. The Morgan fingerprint density at radius 2 is 1.73 bits per heavy atom. The van der Waals surface area contributed by atoms with Gasteiger partial charge in [0.25, 0.3) is 5.69 Å². The number of carbonyl (C=O) groups excluding carboxylic acids is 1. The van der Waals surface area contributed by atoms with E-state index in [0.717, 1.165) is 17.9 Å². The summed E-state index contributed by atoms with van der Waals surface area (Å²) < 4.78 is 28.2. The van der Waals surface area contributed by atoms with Crippen LogP contribution in [-0.2, 0) is 14.8 Å². The lowest BCUT2D eigenvalue weighted by atomic mass is 9.51. The first-order valence-electron chi connectivity index (χ1n) is 10.5. The lowest BCUT2D eigenvalue weighted by molar-refractivity contribution is -0.384. The van der Waals surface area contributed by atoms with Gasteiger partial charge in [-0.1, -0.05) is 11.6 Å². The van der Waals surface area contributed by atoms with Gasteiger partial charge in [0.05, 0.1) is 15.4 Å². The van der Waals surface area contributed by atoms with Gasteiger partial charge < -0.3 is 0 Å². The second-order valence-electron chi connectivity index (χ2n) is 9.82. The summed E-state index contributed by atoms with van der Waals surface area (Å²) in [5, 5.41) is 10.9. The molecular formula is C21H27ClN2O5S. The van der Waals surface area contributed by atoms with Gasteiger partial charge in [-0.15, -0.1) is 0 Å². The topological polar surface area (TPSA) is 106 Å². The van der Waals surface area contributed by atoms with Gasteiger partial charge in [0.2, 0.25) is 10.0 Å². The molecule has 4 fully saturated rings. The molecule has 0 amide bonds. The molecule has 0 radical (unpaired) electrons. The molecule has 1 aromatic rings. The highest BCUT2D eigenvalue weighted by Gasteiger charge is 2.49. The number of benzene rings is 1. The van der Waals surface area contributed by atoms with Crippen molar-refractivity contribution in [2.45, 2.75) is 62.8 Å². The van der Waals surface area contributed by atoms with E-state index in [9.17, 15) is 23.3 Å². The molecule has 4 aliphatic carbocycles. The molecule has 0 atom stereocenters. The monoisotopic (exact) mass is 454 g/mol. The molecule has 0 spiro atoms. The largest absolute Gasteiger partial charge is 0.298 e. The summed E-state index contributed by atoms with van der Waals surface area (Å²) in [6, 6.07) is 3.30. The van der Waals surface area contributed by atoms with Crippen molar-refractivity contribution in [1.82, 2.24) is 4.72 Å². The fraction of sp³-hybridized carbons (Fsp3) is 0.667. The number of nitrogens with one attached hydrogen (secondary N) is 1. The maximum absolute atomic E-state index is 13.1. The number of rotatable bonds is 7. The molecule has 4 bridgehead atoms. The molecule has 0 saturated heterocycles. The van der Waals surface area contributed by atoms with Crippen LogP contribution in [0.5, 0.6) is 0 Å². The summed E-state index contributed by atoms with van der Waals surface area (Å²) in [5.74, 6) is 2.99. The summed E-state index contributed by atoms with van der Waals surface area (Å²) in [7, 11) is -4.13. The fourth-order valence-electron chi connectivity index (χ4n) is 6.09. The number of nitrogens with zero attached hydrogens (tertiary/aromatic N) is 1. The molecule has 0 unspecified atom stereocenters. The predicted octanol–water partition coefficient (Wildman–Crippen LogP) is 4.34. The van der Waals surface area contributed by atoms with Crippen molar-refractivity contribution in [2.75, 3.05) is 0 Å². The van der Waals surface area contributed by atoms with Crippen molar-refractivity contribution in [2.24, 2.45) is 29.6 Å². The summed E-state index contributed by atoms with van der Waals surface area (Å²) in [5.41, 5.74) is -1.79. The Morgan fingerprint density at radius 3 is 2.27 bits per heavy atom. The number of halogens is 1. The maximum atomic E-state index is 13.1. The minimum Gasteiger partial charge on any atom is -0.298 e. The van der Waals surface area contributed by atoms with Crippen molar-refractivity contribution < 1.29 is 18.1 Å². The molecule has 164 valence electrons. The van der Waals surface area contributed by atoms with E-state index in [-0.39, 0.29) is 15.7 Å².